The molecule has 5 nitrogen and oxygen atoms in total. The molecule has 0 bridgehead atoms. The minimum Gasteiger partial charge on any atom is -0.348 e. The predicted molar refractivity (Wildman–Crippen MR) is 91.7 cm³/mol. The van der Waals surface area contributed by atoms with E-state index in [-0.39, 0.29) is 11.8 Å². The van der Waals surface area contributed by atoms with E-state index in [2.05, 4.69) is 10.3 Å². The molecule has 0 saturated carbocycles. The SMILES string of the molecule is CC(=O)N1CCc2c(cncc2C(=O)NCc2ccccc2Cl)C1. The number of nitrogens with one attached hydrogen (secondary N) is 1. The summed E-state index contributed by atoms with van der Waals surface area (Å²) in [5.41, 5.74) is 3.34. The molecule has 2 aromatic rings. The van der Waals surface area contributed by atoms with E-state index in [4.69, 9.17) is 11.6 Å². The lowest BCUT2D eigenvalue weighted by Crippen LogP contribution is -2.36. The quantitative estimate of drug-likeness (QED) is 0.931. The molecule has 1 N–H and O–H groups in total. The third kappa shape index (κ3) is 3.41. The van der Waals surface area contributed by atoms with Crippen molar-refractivity contribution in [3.8, 4) is 0 Å². The van der Waals surface area contributed by atoms with Crippen molar-refractivity contribution in [1.82, 2.24) is 15.2 Å². The molecular weight excluding hydrogens is 326 g/mol. The first-order chi connectivity index (χ1) is 11.6. The fourth-order valence-corrected chi connectivity index (χ4v) is 3.07. The van der Waals surface area contributed by atoms with Crippen LogP contribution in [0.1, 0.15) is 34.0 Å². The van der Waals surface area contributed by atoms with Gasteiger partial charge in [-0.2, -0.15) is 0 Å². The minimum absolute atomic E-state index is 0.0363. The third-order valence-electron chi connectivity index (χ3n) is 4.23. The molecular formula is C18H18ClN3O2. The number of aromatic nitrogens is 1. The number of fused-ring (bicyclic) bond motifs is 1. The number of rotatable bonds is 3. The summed E-state index contributed by atoms with van der Waals surface area (Å²) in [5.74, 6) is -0.134. The largest absolute Gasteiger partial charge is 0.348 e. The van der Waals surface area contributed by atoms with Crippen molar-refractivity contribution in [2.45, 2.75) is 26.4 Å². The number of carbonyl (C=O) groups is 2. The summed E-state index contributed by atoms with van der Waals surface area (Å²) in [6, 6.07) is 7.42. The second-order valence-corrected chi connectivity index (χ2v) is 6.20. The van der Waals surface area contributed by atoms with E-state index in [9.17, 15) is 9.59 Å². The van der Waals surface area contributed by atoms with Gasteiger partial charge >= 0.3 is 0 Å². The lowest BCUT2D eigenvalue weighted by molar-refractivity contribution is -0.129. The van der Waals surface area contributed by atoms with Crippen molar-refractivity contribution < 1.29 is 9.59 Å². The van der Waals surface area contributed by atoms with Gasteiger partial charge in [0.1, 0.15) is 0 Å². The topological polar surface area (TPSA) is 62.3 Å². The number of pyridine rings is 1. The highest BCUT2D eigenvalue weighted by molar-refractivity contribution is 6.31. The Bertz CT molecular complexity index is 792. The maximum Gasteiger partial charge on any atom is 0.253 e. The van der Waals surface area contributed by atoms with Crippen LogP contribution < -0.4 is 5.32 Å². The molecule has 0 unspecified atom stereocenters. The van der Waals surface area contributed by atoms with Crippen molar-refractivity contribution in [2.24, 2.45) is 0 Å². The average Bonchev–Trinajstić information content (AvgIpc) is 2.59. The molecule has 3 rings (SSSR count). The van der Waals surface area contributed by atoms with Crippen LogP contribution in [0, 0.1) is 0 Å². The van der Waals surface area contributed by atoms with Gasteiger partial charge in [-0.1, -0.05) is 29.8 Å². The molecule has 124 valence electrons. The third-order valence-corrected chi connectivity index (χ3v) is 4.60. The number of hydrogen-bond donors (Lipinski definition) is 1. The molecule has 1 aromatic carbocycles. The van der Waals surface area contributed by atoms with Gasteiger partial charge in [-0.3, -0.25) is 14.6 Å². The summed E-state index contributed by atoms with van der Waals surface area (Å²) in [6.45, 7) is 3.04. The lowest BCUT2D eigenvalue weighted by Gasteiger charge is -2.28. The van der Waals surface area contributed by atoms with E-state index < -0.39 is 0 Å². The molecule has 1 aliphatic rings. The highest BCUT2D eigenvalue weighted by Crippen LogP contribution is 2.22. The van der Waals surface area contributed by atoms with Crippen LogP contribution in [0.4, 0.5) is 0 Å². The van der Waals surface area contributed by atoms with E-state index in [1.54, 1.807) is 30.3 Å². The molecule has 2 heterocycles. The molecule has 0 saturated heterocycles. The summed E-state index contributed by atoms with van der Waals surface area (Å²) in [6.07, 6.45) is 3.98. The van der Waals surface area contributed by atoms with Gasteiger partial charge in [0.05, 0.1) is 5.56 Å². The molecule has 2 amide bonds. The Morgan fingerprint density at radius 2 is 2.08 bits per heavy atom. The van der Waals surface area contributed by atoms with Crippen LogP contribution in [0.15, 0.2) is 36.7 Å². The fraction of sp³-hybridized carbons (Fsp3) is 0.278. The Balaban J connectivity index is 1.76. The van der Waals surface area contributed by atoms with E-state index >= 15 is 0 Å². The fourth-order valence-electron chi connectivity index (χ4n) is 2.87. The number of halogens is 1. The van der Waals surface area contributed by atoms with Crippen molar-refractivity contribution in [1.29, 1.82) is 0 Å². The zero-order valence-electron chi connectivity index (χ0n) is 13.4. The first-order valence-corrected chi connectivity index (χ1v) is 8.17. The van der Waals surface area contributed by atoms with Crippen LogP contribution in [0.25, 0.3) is 0 Å². The highest BCUT2D eigenvalue weighted by Gasteiger charge is 2.23. The molecule has 6 heteroatoms. The van der Waals surface area contributed by atoms with Gasteiger partial charge in [0, 0.05) is 44.0 Å². The second-order valence-electron chi connectivity index (χ2n) is 5.79. The molecule has 1 aromatic heterocycles. The maximum absolute atomic E-state index is 12.5. The number of carbonyl (C=O) groups excluding carboxylic acids is 2. The van der Waals surface area contributed by atoms with Crippen molar-refractivity contribution in [3.05, 3.63) is 63.9 Å². The number of benzene rings is 1. The van der Waals surface area contributed by atoms with Gasteiger partial charge in [-0.15, -0.1) is 0 Å². The smallest absolute Gasteiger partial charge is 0.253 e. The highest BCUT2D eigenvalue weighted by atomic mass is 35.5. The standard InChI is InChI=1S/C18H18ClN3O2/c1-12(23)22-7-6-15-14(11-22)8-20-10-16(15)18(24)21-9-13-4-2-3-5-17(13)19/h2-5,8,10H,6-7,9,11H2,1H3,(H,21,24). The van der Waals surface area contributed by atoms with Crippen LogP contribution in [-0.4, -0.2) is 28.2 Å². The summed E-state index contributed by atoms with van der Waals surface area (Å²) in [4.78, 5) is 30.0. The van der Waals surface area contributed by atoms with Gasteiger partial charge in [0.15, 0.2) is 0 Å². The summed E-state index contributed by atoms with van der Waals surface area (Å²) < 4.78 is 0. The van der Waals surface area contributed by atoms with Gasteiger partial charge < -0.3 is 10.2 Å². The van der Waals surface area contributed by atoms with Crippen LogP contribution in [0.3, 0.4) is 0 Å². The van der Waals surface area contributed by atoms with E-state index in [1.165, 1.54) is 0 Å². The molecule has 24 heavy (non-hydrogen) atoms. The number of hydrogen-bond acceptors (Lipinski definition) is 3. The normalized spacial score (nSPS) is 13.3. The second kappa shape index (κ2) is 7.01. The molecule has 0 radical (unpaired) electrons. The van der Waals surface area contributed by atoms with Crippen LogP contribution >= 0.6 is 11.6 Å². The van der Waals surface area contributed by atoms with Crippen LogP contribution in [0.5, 0.6) is 0 Å². The number of nitrogens with zero attached hydrogens (tertiary/aromatic N) is 2. The monoisotopic (exact) mass is 343 g/mol. The Morgan fingerprint density at radius 3 is 2.83 bits per heavy atom. The summed E-state index contributed by atoms with van der Waals surface area (Å²) in [7, 11) is 0. The Kier molecular flexibility index (Phi) is 4.81. The molecule has 1 aliphatic heterocycles. The first-order valence-electron chi connectivity index (χ1n) is 7.79. The molecule has 0 fully saturated rings. The summed E-state index contributed by atoms with van der Waals surface area (Å²) in [5, 5.41) is 3.52. The van der Waals surface area contributed by atoms with Crippen LogP contribution in [-0.2, 0) is 24.3 Å². The number of amides is 2. The van der Waals surface area contributed by atoms with Gasteiger partial charge in [-0.05, 0) is 29.2 Å². The van der Waals surface area contributed by atoms with Crippen molar-refractivity contribution >= 4 is 23.4 Å². The predicted octanol–water partition coefficient (Wildman–Crippen LogP) is 2.57. The van der Waals surface area contributed by atoms with Gasteiger partial charge in [0.2, 0.25) is 5.91 Å². The first kappa shape index (κ1) is 16.5. The minimum atomic E-state index is -0.171. The van der Waals surface area contributed by atoms with E-state index in [0.717, 1.165) is 16.7 Å². The van der Waals surface area contributed by atoms with Gasteiger partial charge in [0.25, 0.3) is 5.91 Å². The maximum atomic E-state index is 12.5. The summed E-state index contributed by atoms with van der Waals surface area (Å²) >= 11 is 6.11. The molecule has 0 aliphatic carbocycles. The Hall–Kier alpha value is -2.40. The Labute approximate surface area is 145 Å². The lowest BCUT2D eigenvalue weighted by atomic mass is 9.96. The average molecular weight is 344 g/mol. The zero-order chi connectivity index (χ0) is 17.1. The van der Waals surface area contributed by atoms with E-state index in [0.29, 0.717) is 36.6 Å². The van der Waals surface area contributed by atoms with Crippen molar-refractivity contribution in [3.63, 3.8) is 0 Å². The molecule has 0 atom stereocenters. The van der Waals surface area contributed by atoms with Gasteiger partial charge in [-0.25, -0.2) is 0 Å². The zero-order valence-corrected chi connectivity index (χ0v) is 14.1. The Morgan fingerprint density at radius 1 is 1.29 bits per heavy atom. The van der Waals surface area contributed by atoms with Crippen molar-refractivity contribution in [2.75, 3.05) is 6.54 Å². The van der Waals surface area contributed by atoms with E-state index in [1.807, 2.05) is 18.2 Å². The van der Waals surface area contributed by atoms with Crippen LogP contribution in [0.2, 0.25) is 5.02 Å². The molecule has 0 spiro atoms.